The van der Waals surface area contributed by atoms with E-state index < -0.39 is 5.69 Å². The van der Waals surface area contributed by atoms with Crippen LogP contribution in [-0.2, 0) is 30.3 Å². The second-order valence-corrected chi connectivity index (χ2v) is 9.28. The Bertz CT molecular complexity index is 234. The summed E-state index contributed by atoms with van der Waals surface area (Å²) in [5.74, 6) is 0.735. The molecule has 0 N–H and O–H groups in total. The summed E-state index contributed by atoms with van der Waals surface area (Å²) in [6.45, 7) is 6.84. The predicted molar refractivity (Wildman–Crippen MR) is 70.5 cm³/mol. The van der Waals surface area contributed by atoms with E-state index in [-0.39, 0.29) is 0 Å². The van der Waals surface area contributed by atoms with Gasteiger partial charge in [0.15, 0.2) is 0 Å². The number of hydrogen-bond donors (Lipinski definition) is 0. The van der Waals surface area contributed by atoms with Gasteiger partial charge in [0.25, 0.3) is 0 Å². The molecular weight excluding hydrogens is 267 g/mol. The summed E-state index contributed by atoms with van der Waals surface area (Å²) in [4.78, 5) is 0. The van der Waals surface area contributed by atoms with Crippen molar-refractivity contribution in [2.24, 2.45) is 0 Å². The molecule has 94 valence electrons. The summed E-state index contributed by atoms with van der Waals surface area (Å²) < 4.78 is 21.8. The van der Waals surface area contributed by atoms with Crippen LogP contribution in [0.1, 0.15) is 0 Å². The van der Waals surface area contributed by atoms with Crippen LogP contribution in [0.25, 0.3) is 0 Å². The normalized spacial score (nSPS) is 23.2. The molecule has 0 unspecified atom stereocenters. The molecule has 0 aromatic rings. The molecule has 1 saturated heterocycles. The number of hydrogen-bond acceptors (Lipinski definition) is 6. The highest BCUT2D eigenvalue weighted by Crippen LogP contribution is 2.60. The minimum atomic E-state index is -2.25. The second kappa shape index (κ2) is 8.64. The van der Waals surface area contributed by atoms with Crippen LogP contribution < -0.4 is 0 Å². The van der Waals surface area contributed by atoms with E-state index >= 15 is 0 Å². The van der Waals surface area contributed by atoms with E-state index in [1.807, 2.05) is 0 Å². The highest BCUT2D eigenvalue weighted by molar-refractivity contribution is 8.67. The number of rotatable bonds is 3. The summed E-state index contributed by atoms with van der Waals surface area (Å²) in [5, 5.41) is 0. The van der Waals surface area contributed by atoms with Gasteiger partial charge in [0.2, 0.25) is 5.69 Å². The molecule has 1 heterocycles. The van der Waals surface area contributed by atoms with Gasteiger partial charge in [0.1, 0.15) is 0 Å². The topological polar surface area (TPSA) is 36.9 Å². The third-order valence-electron chi connectivity index (χ3n) is 1.68. The van der Waals surface area contributed by atoms with Crippen LogP contribution in [0, 0.1) is 0 Å². The zero-order valence-corrected chi connectivity index (χ0v) is 11.7. The molecule has 1 rings (SSSR count). The van der Waals surface area contributed by atoms with Gasteiger partial charge in [-0.2, -0.15) is 0 Å². The lowest BCUT2D eigenvalue weighted by atomic mass is 10.7. The first-order valence-electron chi connectivity index (χ1n) is 5.07. The third-order valence-corrected chi connectivity index (χ3v) is 6.98. The molecule has 0 bridgehead atoms. The fraction of sp³-hybridized carbons (Fsp3) is 0.778. The Kier molecular flexibility index (Phi) is 7.90. The van der Waals surface area contributed by atoms with E-state index in [1.54, 1.807) is 6.08 Å². The van der Waals surface area contributed by atoms with Crippen LogP contribution >= 0.6 is 17.1 Å². The first-order chi connectivity index (χ1) is 7.77. The molecule has 0 aliphatic carbocycles. The van der Waals surface area contributed by atoms with Crippen LogP contribution in [0.15, 0.2) is 12.7 Å². The minimum absolute atomic E-state index is 0.474. The maximum atomic E-state index is 5.60. The van der Waals surface area contributed by atoms with Crippen LogP contribution in [0.3, 0.4) is 0 Å². The van der Waals surface area contributed by atoms with Crippen molar-refractivity contribution in [3.63, 3.8) is 0 Å². The fourth-order valence-corrected chi connectivity index (χ4v) is 4.85. The van der Waals surface area contributed by atoms with Gasteiger partial charge in [0, 0.05) is 5.75 Å². The van der Waals surface area contributed by atoms with Crippen molar-refractivity contribution in [2.45, 2.75) is 0 Å². The molecule has 0 spiro atoms. The van der Waals surface area contributed by atoms with Gasteiger partial charge in [-0.05, 0) is 11.8 Å². The summed E-state index contributed by atoms with van der Waals surface area (Å²) in [5.41, 5.74) is -2.25. The molecule has 0 amide bonds. The van der Waals surface area contributed by atoms with E-state index in [2.05, 4.69) is 6.58 Å². The van der Waals surface area contributed by atoms with Gasteiger partial charge in [0.05, 0.1) is 39.6 Å². The maximum Gasteiger partial charge on any atom is 0.247 e. The largest absolute Gasteiger partial charge is 0.377 e. The standard InChI is InChI=1S/C9H17O4PS2/c1-2-9-16-14(15)12-7-5-10-3-4-11-6-8-13-14/h2H,1,3-9H2. The van der Waals surface area contributed by atoms with Gasteiger partial charge >= 0.3 is 0 Å². The molecule has 16 heavy (non-hydrogen) atoms. The Morgan fingerprint density at radius 2 is 1.56 bits per heavy atom. The quantitative estimate of drug-likeness (QED) is 0.584. The Morgan fingerprint density at radius 3 is 2.06 bits per heavy atom. The van der Waals surface area contributed by atoms with E-state index in [1.165, 1.54) is 11.4 Å². The maximum absolute atomic E-state index is 5.60. The fourth-order valence-electron chi connectivity index (χ4n) is 0.994. The first kappa shape index (κ1) is 14.6. The first-order valence-corrected chi connectivity index (χ1v) is 9.30. The number of ether oxygens (including phenoxy) is 2. The molecule has 4 nitrogen and oxygen atoms in total. The summed E-state index contributed by atoms with van der Waals surface area (Å²) >= 11 is 6.88. The van der Waals surface area contributed by atoms with Crippen molar-refractivity contribution in [2.75, 3.05) is 45.4 Å². The lowest BCUT2D eigenvalue weighted by Gasteiger charge is -2.20. The molecule has 0 atom stereocenters. The molecule has 1 fully saturated rings. The van der Waals surface area contributed by atoms with Crippen LogP contribution in [0.5, 0.6) is 0 Å². The Balaban J connectivity index is 2.43. The average Bonchev–Trinajstić information content (AvgIpc) is 2.33. The lowest BCUT2D eigenvalue weighted by Crippen LogP contribution is -2.08. The monoisotopic (exact) mass is 284 g/mol. The molecule has 0 aromatic heterocycles. The third kappa shape index (κ3) is 6.35. The van der Waals surface area contributed by atoms with Crippen molar-refractivity contribution in [1.29, 1.82) is 0 Å². The highest BCUT2D eigenvalue weighted by atomic mass is 32.9. The van der Waals surface area contributed by atoms with E-state index in [0.29, 0.717) is 39.6 Å². The van der Waals surface area contributed by atoms with Crippen LogP contribution in [0.4, 0.5) is 0 Å². The Labute approximate surface area is 106 Å². The molecule has 0 aromatic carbocycles. The van der Waals surface area contributed by atoms with Gasteiger partial charge < -0.3 is 18.5 Å². The van der Waals surface area contributed by atoms with Crippen molar-refractivity contribution >= 4 is 28.9 Å². The van der Waals surface area contributed by atoms with Gasteiger partial charge in [-0.3, -0.25) is 0 Å². The van der Waals surface area contributed by atoms with Crippen molar-refractivity contribution in [3.05, 3.63) is 12.7 Å². The Hall–Kier alpha value is 0.580. The summed E-state index contributed by atoms with van der Waals surface area (Å²) in [6.07, 6.45) is 1.80. The van der Waals surface area contributed by atoms with E-state index in [4.69, 9.17) is 30.3 Å². The van der Waals surface area contributed by atoms with Crippen molar-refractivity contribution < 1.29 is 18.5 Å². The predicted octanol–water partition coefficient (Wildman–Crippen LogP) is 2.21. The average molecular weight is 284 g/mol. The van der Waals surface area contributed by atoms with Crippen molar-refractivity contribution in [3.8, 4) is 0 Å². The van der Waals surface area contributed by atoms with Crippen LogP contribution in [0.2, 0.25) is 0 Å². The molecule has 0 radical (unpaired) electrons. The SMILES string of the molecule is C=CCSP1(=S)OCCOCCOCCO1. The zero-order valence-electron chi connectivity index (χ0n) is 9.13. The second-order valence-electron chi connectivity index (χ2n) is 2.92. The van der Waals surface area contributed by atoms with Crippen molar-refractivity contribution in [1.82, 2.24) is 0 Å². The van der Waals surface area contributed by atoms with E-state index in [9.17, 15) is 0 Å². The van der Waals surface area contributed by atoms with Crippen LogP contribution in [-0.4, -0.2) is 45.4 Å². The molecule has 7 heteroatoms. The zero-order chi connectivity index (χ0) is 11.7. The highest BCUT2D eigenvalue weighted by Gasteiger charge is 2.19. The van der Waals surface area contributed by atoms with E-state index in [0.717, 1.165) is 5.75 Å². The van der Waals surface area contributed by atoms with Gasteiger partial charge in [-0.1, -0.05) is 17.5 Å². The summed E-state index contributed by atoms with van der Waals surface area (Å²) in [6, 6.07) is 0. The minimum Gasteiger partial charge on any atom is -0.377 e. The lowest BCUT2D eigenvalue weighted by molar-refractivity contribution is 0.0375. The molecular formula is C9H17O4PS2. The smallest absolute Gasteiger partial charge is 0.247 e. The molecule has 1 aliphatic heterocycles. The Morgan fingerprint density at radius 1 is 1.06 bits per heavy atom. The molecule has 0 saturated carbocycles. The summed E-state index contributed by atoms with van der Waals surface area (Å²) in [7, 11) is 0. The van der Waals surface area contributed by atoms with Gasteiger partial charge in [-0.25, -0.2) is 0 Å². The molecule has 1 aliphatic rings. The van der Waals surface area contributed by atoms with Gasteiger partial charge in [-0.15, -0.1) is 6.58 Å².